The maximum atomic E-state index is 12.5. The molecule has 158 valence electrons. The van der Waals surface area contributed by atoms with Crippen molar-refractivity contribution in [2.75, 3.05) is 57.6 Å². The van der Waals surface area contributed by atoms with Crippen LogP contribution < -0.4 is 15.1 Å². The topological polar surface area (TPSA) is 76.7 Å². The van der Waals surface area contributed by atoms with E-state index in [1.807, 2.05) is 18.2 Å². The zero-order chi connectivity index (χ0) is 20.6. The maximum Gasteiger partial charge on any atom is 0.230 e. The standard InChI is InChI=1S/C20H30N6O2S/c1-4-26-19(25-10-12-28-13-11-25)22-23-20(26)29-15-18(27)21-14-17(24(2)3)16-8-6-5-7-9-16/h5-9,17H,4,10-15H2,1-3H3,(H,21,27)/p+1/t17-/m1/s1. The Hall–Kier alpha value is -2.10. The molecule has 9 heteroatoms. The van der Waals surface area contributed by atoms with E-state index in [4.69, 9.17) is 4.74 Å². The number of rotatable bonds is 9. The van der Waals surface area contributed by atoms with Crippen molar-refractivity contribution in [3.05, 3.63) is 35.9 Å². The molecule has 1 fully saturated rings. The SMILES string of the molecule is CCn1c(SCC(=O)NC[C@H](c2ccccc2)[NH+](C)C)nnc1N1CCOCC1. The Morgan fingerprint density at radius 3 is 2.62 bits per heavy atom. The molecular formula is C20H31N6O2S+. The number of benzene rings is 1. The third-order valence-electron chi connectivity index (χ3n) is 5.04. The van der Waals surface area contributed by atoms with Gasteiger partial charge in [-0.3, -0.25) is 9.36 Å². The molecule has 29 heavy (non-hydrogen) atoms. The fourth-order valence-corrected chi connectivity index (χ4v) is 4.23. The maximum absolute atomic E-state index is 12.5. The smallest absolute Gasteiger partial charge is 0.230 e. The summed E-state index contributed by atoms with van der Waals surface area (Å²) in [4.78, 5) is 15.9. The highest BCUT2D eigenvalue weighted by Crippen LogP contribution is 2.22. The van der Waals surface area contributed by atoms with Crippen LogP contribution in [0.15, 0.2) is 35.5 Å². The third kappa shape index (κ3) is 5.71. The largest absolute Gasteiger partial charge is 0.378 e. The second kappa shape index (κ2) is 10.6. The summed E-state index contributed by atoms with van der Waals surface area (Å²) in [5.41, 5.74) is 1.22. The molecule has 2 heterocycles. The molecule has 2 N–H and O–H groups in total. The Morgan fingerprint density at radius 2 is 1.97 bits per heavy atom. The third-order valence-corrected chi connectivity index (χ3v) is 6.01. The lowest BCUT2D eigenvalue weighted by molar-refractivity contribution is -0.890. The van der Waals surface area contributed by atoms with Crippen molar-refractivity contribution in [1.82, 2.24) is 20.1 Å². The minimum absolute atomic E-state index is 0.00996. The highest BCUT2D eigenvalue weighted by Gasteiger charge is 2.21. The van der Waals surface area contributed by atoms with Gasteiger partial charge in [-0.25, -0.2) is 0 Å². The molecule has 1 atom stereocenters. The van der Waals surface area contributed by atoms with E-state index in [0.717, 1.165) is 30.7 Å². The molecule has 3 rings (SSSR count). The van der Waals surface area contributed by atoms with Gasteiger partial charge in [0.05, 0.1) is 39.6 Å². The first-order valence-corrected chi connectivity index (χ1v) is 11.1. The lowest BCUT2D eigenvalue weighted by Gasteiger charge is -2.27. The zero-order valence-corrected chi connectivity index (χ0v) is 18.2. The highest BCUT2D eigenvalue weighted by atomic mass is 32.2. The molecule has 1 aromatic carbocycles. The van der Waals surface area contributed by atoms with Crippen LogP contribution in [0.4, 0.5) is 5.95 Å². The fraction of sp³-hybridized carbons (Fsp3) is 0.550. The van der Waals surface area contributed by atoms with Crippen molar-refractivity contribution in [3.8, 4) is 0 Å². The van der Waals surface area contributed by atoms with E-state index in [1.54, 1.807) is 0 Å². The number of hydrogen-bond donors (Lipinski definition) is 2. The molecule has 1 amide bonds. The van der Waals surface area contributed by atoms with Gasteiger partial charge in [0.2, 0.25) is 11.9 Å². The average Bonchev–Trinajstić information content (AvgIpc) is 3.16. The first-order valence-electron chi connectivity index (χ1n) is 10.1. The number of carbonyl (C=O) groups is 1. The first kappa shape index (κ1) is 21.6. The average molecular weight is 420 g/mol. The van der Waals surface area contributed by atoms with Gasteiger partial charge in [-0.05, 0) is 6.92 Å². The highest BCUT2D eigenvalue weighted by molar-refractivity contribution is 7.99. The molecule has 0 bridgehead atoms. The number of carbonyl (C=O) groups excluding carboxylic acids is 1. The van der Waals surface area contributed by atoms with Gasteiger partial charge in [0.15, 0.2) is 5.16 Å². The Bertz CT molecular complexity index is 777. The zero-order valence-electron chi connectivity index (χ0n) is 17.4. The van der Waals surface area contributed by atoms with E-state index >= 15 is 0 Å². The summed E-state index contributed by atoms with van der Waals surface area (Å²) in [6, 6.07) is 10.5. The van der Waals surface area contributed by atoms with Crippen molar-refractivity contribution in [2.24, 2.45) is 0 Å². The van der Waals surface area contributed by atoms with Gasteiger partial charge >= 0.3 is 0 Å². The van der Waals surface area contributed by atoms with Crippen LogP contribution in [0.5, 0.6) is 0 Å². The number of nitrogens with zero attached hydrogens (tertiary/aromatic N) is 4. The Balaban J connectivity index is 1.54. The van der Waals surface area contributed by atoms with E-state index in [9.17, 15) is 4.79 Å². The van der Waals surface area contributed by atoms with Crippen molar-refractivity contribution in [2.45, 2.75) is 24.7 Å². The molecule has 0 saturated carbocycles. The number of thioether (sulfide) groups is 1. The van der Waals surface area contributed by atoms with Crippen molar-refractivity contribution in [3.63, 3.8) is 0 Å². The molecule has 8 nitrogen and oxygen atoms in total. The van der Waals surface area contributed by atoms with Gasteiger partial charge in [0.25, 0.3) is 0 Å². The van der Waals surface area contributed by atoms with E-state index in [0.29, 0.717) is 25.5 Å². The Kier molecular flexibility index (Phi) is 7.91. The normalized spacial score (nSPS) is 15.5. The van der Waals surface area contributed by atoms with Gasteiger partial charge in [-0.15, -0.1) is 10.2 Å². The molecule has 0 aliphatic carbocycles. The van der Waals surface area contributed by atoms with Gasteiger partial charge in [0.1, 0.15) is 6.04 Å². The monoisotopic (exact) mass is 419 g/mol. The van der Waals surface area contributed by atoms with Crippen molar-refractivity contribution < 1.29 is 14.4 Å². The van der Waals surface area contributed by atoms with E-state index < -0.39 is 0 Å². The van der Waals surface area contributed by atoms with Crippen LogP contribution in [0.2, 0.25) is 0 Å². The first-order chi connectivity index (χ1) is 14.1. The summed E-state index contributed by atoms with van der Waals surface area (Å²) < 4.78 is 7.49. The van der Waals surface area contributed by atoms with Crippen LogP contribution in [0.3, 0.4) is 0 Å². The van der Waals surface area contributed by atoms with E-state index in [-0.39, 0.29) is 11.9 Å². The number of aromatic nitrogens is 3. The number of nitrogens with one attached hydrogen (secondary N) is 2. The van der Waals surface area contributed by atoms with Crippen LogP contribution in [-0.4, -0.2) is 73.4 Å². The van der Waals surface area contributed by atoms with E-state index in [1.165, 1.54) is 22.2 Å². The molecule has 0 spiro atoms. The lowest BCUT2D eigenvalue weighted by atomic mass is 10.1. The molecule has 1 saturated heterocycles. The summed E-state index contributed by atoms with van der Waals surface area (Å²) in [5.74, 6) is 1.20. The molecule has 1 aromatic heterocycles. The summed E-state index contributed by atoms with van der Waals surface area (Å²) in [6.45, 7) is 6.49. The van der Waals surface area contributed by atoms with Gasteiger partial charge in [0, 0.05) is 25.2 Å². The number of quaternary nitrogens is 1. The Morgan fingerprint density at radius 1 is 1.24 bits per heavy atom. The molecule has 1 aliphatic rings. The second-order valence-corrected chi connectivity index (χ2v) is 8.20. The van der Waals surface area contributed by atoms with Crippen LogP contribution in [0, 0.1) is 0 Å². The second-order valence-electron chi connectivity index (χ2n) is 7.26. The number of amides is 1. The van der Waals surface area contributed by atoms with Crippen LogP contribution in [0.1, 0.15) is 18.5 Å². The van der Waals surface area contributed by atoms with Crippen molar-refractivity contribution >= 4 is 23.6 Å². The number of anilines is 1. The molecular weight excluding hydrogens is 388 g/mol. The van der Waals surface area contributed by atoms with Crippen LogP contribution >= 0.6 is 11.8 Å². The van der Waals surface area contributed by atoms with Gasteiger partial charge < -0.3 is 19.9 Å². The summed E-state index contributed by atoms with van der Waals surface area (Å²) >= 11 is 1.43. The summed E-state index contributed by atoms with van der Waals surface area (Å²) in [6.07, 6.45) is 0. The molecule has 2 aromatic rings. The van der Waals surface area contributed by atoms with Crippen LogP contribution in [-0.2, 0) is 16.1 Å². The number of hydrogen-bond acceptors (Lipinski definition) is 6. The molecule has 0 radical (unpaired) electrons. The number of ether oxygens (including phenoxy) is 1. The number of likely N-dealkylation sites (N-methyl/N-ethyl adjacent to an activating group) is 1. The van der Waals surface area contributed by atoms with Crippen molar-refractivity contribution in [1.29, 1.82) is 0 Å². The predicted octanol–water partition coefficient (Wildman–Crippen LogP) is 0.229. The minimum Gasteiger partial charge on any atom is -0.378 e. The molecule has 1 aliphatic heterocycles. The van der Waals surface area contributed by atoms with Crippen LogP contribution in [0.25, 0.3) is 0 Å². The fourth-order valence-electron chi connectivity index (χ4n) is 3.40. The predicted molar refractivity (Wildman–Crippen MR) is 114 cm³/mol. The molecule has 0 unspecified atom stereocenters. The lowest BCUT2D eigenvalue weighted by Crippen LogP contribution is -3.07. The summed E-state index contributed by atoms with van der Waals surface area (Å²) in [5, 5.41) is 12.5. The quantitative estimate of drug-likeness (QED) is 0.567. The van der Waals surface area contributed by atoms with Gasteiger partial charge in [-0.2, -0.15) is 0 Å². The summed E-state index contributed by atoms with van der Waals surface area (Å²) in [7, 11) is 4.21. The van der Waals surface area contributed by atoms with Gasteiger partial charge in [-0.1, -0.05) is 42.1 Å². The van der Waals surface area contributed by atoms with E-state index in [2.05, 4.69) is 58.1 Å². The Labute approximate surface area is 176 Å². The number of morpholine rings is 1. The minimum atomic E-state index is 0.00996.